The van der Waals surface area contributed by atoms with E-state index in [0.29, 0.717) is 13.1 Å². The van der Waals surface area contributed by atoms with E-state index in [1.807, 2.05) is 0 Å². The molecule has 1 radical (unpaired) electrons. The number of halogens is 1. The summed E-state index contributed by atoms with van der Waals surface area (Å²) in [4.78, 5) is 59.4. The van der Waals surface area contributed by atoms with Gasteiger partial charge in [0, 0.05) is 31.0 Å². The van der Waals surface area contributed by atoms with Gasteiger partial charge in [0.05, 0.1) is 13.0 Å². The van der Waals surface area contributed by atoms with Crippen molar-refractivity contribution in [2.45, 2.75) is 32.0 Å². The molecule has 1 aromatic heterocycles. The molecule has 3 fully saturated rings. The van der Waals surface area contributed by atoms with Gasteiger partial charge in [-0.05, 0) is 32.0 Å². The molecule has 1 atom stereocenters. The maximum absolute atomic E-state index is 14.1. The molecule has 0 saturated carbocycles. The number of carbonyl (C=O) groups excluding carboxylic acids is 4. The summed E-state index contributed by atoms with van der Waals surface area (Å²) >= 11 is 0. The molecule has 1 unspecified atom stereocenters. The lowest BCUT2D eigenvalue weighted by Gasteiger charge is -2.38. The van der Waals surface area contributed by atoms with Crippen LogP contribution in [0.4, 0.5) is 14.0 Å². The van der Waals surface area contributed by atoms with E-state index in [4.69, 9.17) is 0 Å². The van der Waals surface area contributed by atoms with Gasteiger partial charge in [-0.2, -0.15) is 5.32 Å². The second kappa shape index (κ2) is 8.34. The molecule has 3 saturated heterocycles. The number of hydrogen-bond donors (Lipinski definition) is 0. The number of carbonyl (C=O) groups is 4. The highest BCUT2D eigenvalue weighted by atomic mass is 19.1. The van der Waals surface area contributed by atoms with Crippen LogP contribution in [-0.2, 0) is 16.1 Å². The Labute approximate surface area is 172 Å². The van der Waals surface area contributed by atoms with E-state index in [9.17, 15) is 23.6 Å². The molecule has 3 aliphatic heterocycles. The standard InChI is InChI=1S/C19H22FN6O4/c20-14-3-4-21-10-13(14)11-25-16(9-15(27)22-18(25)29)26-17(28)12-24(19(26)30)8-7-23-5-1-2-6-23/h3-4,10,16H,1-2,5-9,11-12H2. The second-order valence-electron chi connectivity index (χ2n) is 7.58. The summed E-state index contributed by atoms with van der Waals surface area (Å²) in [7, 11) is 0. The van der Waals surface area contributed by atoms with Crippen molar-refractivity contribution in [1.82, 2.24) is 29.9 Å². The first-order valence-corrected chi connectivity index (χ1v) is 9.91. The Balaban J connectivity index is 1.51. The Bertz CT molecular complexity index is 874. The number of rotatable bonds is 6. The normalized spacial score (nSPS) is 23.0. The molecule has 0 N–H and O–H groups in total. The number of hydrogen-bond acceptors (Lipinski definition) is 6. The molecular weight excluding hydrogens is 395 g/mol. The molecule has 11 heteroatoms. The number of aromatic nitrogens is 1. The van der Waals surface area contributed by atoms with Crippen molar-refractivity contribution < 1.29 is 23.6 Å². The topological polar surface area (TPSA) is 108 Å². The molecule has 30 heavy (non-hydrogen) atoms. The van der Waals surface area contributed by atoms with Crippen LogP contribution in [0, 0.1) is 5.82 Å². The summed E-state index contributed by atoms with van der Waals surface area (Å²) in [5.74, 6) is -1.80. The average molecular weight is 417 g/mol. The number of pyridine rings is 1. The Morgan fingerprint density at radius 3 is 2.60 bits per heavy atom. The first-order chi connectivity index (χ1) is 14.4. The predicted octanol–water partition coefficient (Wildman–Crippen LogP) is 0.364. The molecule has 4 rings (SSSR count). The fourth-order valence-electron chi connectivity index (χ4n) is 4.03. The highest BCUT2D eigenvalue weighted by Crippen LogP contribution is 2.24. The molecule has 0 aromatic carbocycles. The monoisotopic (exact) mass is 417 g/mol. The van der Waals surface area contributed by atoms with E-state index in [1.54, 1.807) is 0 Å². The Kier molecular flexibility index (Phi) is 5.62. The van der Waals surface area contributed by atoms with Gasteiger partial charge in [-0.1, -0.05) is 0 Å². The van der Waals surface area contributed by atoms with Gasteiger partial charge in [0.2, 0.25) is 0 Å². The average Bonchev–Trinajstić information content (AvgIpc) is 3.31. The van der Waals surface area contributed by atoms with Crippen molar-refractivity contribution in [1.29, 1.82) is 0 Å². The molecule has 159 valence electrons. The van der Waals surface area contributed by atoms with Crippen LogP contribution in [0.5, 0.6) is 0 Å². The van der Waals surface area contributed by atoms with Crippen LogP contribution >= 0.6 is 0 Å². The lowest BCUT2D eigenvalue weighted by atomic mass is 10.1. The molecule has 4 heterocycles. The Morgan fingerprint density at radius 1 is 1.10 bits per heavy atom. The van der Waals surface area contributed by atoms with Crippen molar-refractivity contribution in [2.75, 3.05) is 32.7 Å². The van der Waals surface area contributed by atoms with Gasteiger partial charge in [-0.3, -0.25) is 19.5 Å². The molecule has 3 aliphatic rings. The number of imide groups is 2. The van der Waals surface area contributed by atoms with Gasteiger partial charge in [-0.15, -0.1) is 0 Å². The van der Waals surface area contributed by atoms with Crippen LogP contribution in [-0.4, -0.2) is 87.3 Å². The Hall–Kier alpha value is -3.08. The third-order valence-corrected chi connectivity index (χ3v) is 5.62. The van der Waals surface area contributed by atoms with E-state index in [1.165, 1.54) is 17.3 Å². The van der Waals surface area contributed by atoms with Gasteiger partial charge in [0.25, 0.3) is 11.8 Å². The zero-order valence-electron chi connectivity index (χ0n) is 16.4. The van der Waals surface area contributed by atoms with Crippen LogP contribution in [0.2, 0.25) is 0 Å². The molecular formula is C19H22FN6O4. The van der Waals surface area contributed by atoms with Crippen LogP contribution in [0.1, 0.15) is 24.8 Å². The Morgan fingerprint density at radius 2 is 1.87 bits per heavy atom. The molecule has 0 spiro atoms. The summed E-state index contributed by atoms with van der Waals surface area (Å²) in [5, 5.41) is 3.41. The van der Waals surface area contributed by atoms with Gasteiger partial charge in [0.15, 0.2) is 0 Å². The summed E-state index contributed by atoms with van der Waals surface area (Å²) in [6.07, 6.45) is 3.31. The molecule has 6 amide bonds. The van der Waals surface area contributed by atoms with Crippen molar-refractivity contribution in [2.24, 2.45) is 0 Å². The summed E-state index contributed by atoms with van der Waals surface area (Å²) < 4.78 is 14.1. The first-order valence-electron chi connectivity index (χ1n) is 9.91. The number of nitrogens with zero attached hydrogens (tertiary/aromatic N) is 6. The minimum atomic E-state index is -1.14. The van der Waals surface area contributed by atoms with Crippen LogP contribution in [0.25, 0.3) is 0 Å². The van der Waals surface area contributed by atoms with Crippen LogP contribution in [0.15, 0.2) is 18.5 Å². The zero-order chi connectivity index (χ0) is 21.3. The smallest absolute Gasteiger partial charge is 0.314 e. The summed E-state index contributed by atoms with van der Waals surface area (Å²) in [6, 6.07) is -0.313. The quantitative estimate of drug-likeness (QED) is 0.619. The molecule has 1 aromatic rings. The molecule has 0 aliphatic carbocycles. The van der Waals surface area contributed by atoms with E-state index in [0.717, 1.165) is 41.8 Å². The van der Waals surface area contributed by atoms with Gasteiger partial charge in [-0.25, -0.2) is 18.9 Å². The highest BCUT2D eigenvalue weighted by Gasteiger charge is 2.47. The second-order valence-corrected chi connectivity index (χ2v) is 7.58. The van der Waals surface area contributed by atoms with Gasteiger partial charge in [0.1, 0.15) is 18.5 Å². The lowest BCUT2D eigenvalue weighted by molar-refractivity contribution is -0.133. The van der Waals surface area contributed by atoms with E-state index >= 15 is 0 Å². The van der Waals surface area contributed by atoms with Gasteiger partial charge >= 0.3 is 12.1 Å². The van der Waals surface area contributed by atoms with Crippen molar-refractivity contribution in [3.63, 3.8) is 0 Å². The van der Waals surface area contributed by atoms with E-state index < -0.39 is 35.9 Å². The van der Waals surface area contributed by atoms with Crippen LogP contribution in [0.3, 0.4) is 0 Å². The summed E-state index contributed by atoms with van der Waals surface area (Å²) in [5.41, 5.74) is 0.102. The third-order valence-electron chi connectivity index (χ3n) is 5.62. The first kappa shape index (κ1) is 20.2. The fraction of sp³-hybridized carbons (Fsp3) is 0.526. The zero-order valence-corrected chi connectivity index (χ0v) is 16.4. The number of amides is 6. The minimum Gasteiger partial charge on any atom is -0.314 e. The number of likely N-dealkylation sites (tertiary alicyclic amines) is 1. The fourth-order valence-corrected chi connectivity index (χ4v) is 4.03. The third kappa shape index (κ3) is 3.97. The van der Waals surface area contributed by atoms with Crippen molar-refractivity contribution >= 4 is 23.9 Å². The molecule has 0 bridgehead atoms. The lowest BCUT2D eigenvalue weighted by Crippen LogP contribution is -2.60. The van der Waals surface area contributed by atoms with Crippen molar-refractivity contribution in [3.05, 3.63) is 29.8 Å². The van der Waals surface area contributed by atoms with E-state index in [-0.39, 0.29) is 25.1 Å². The maximum Gasteiger partial charge on any atom is 0.348 e. The minimum absolute atomic E-state index is 0.102. The SMILES string of the molecule is O=C1CC(N2C(=O)CN(CCN3CCCC3)C2=O)N(Cc2cnccc2F)C(=O)[N]1. The van der Waals surface area contributed by atoms with Gasteiger partial charge < -0.3 is 9.80 Å². The van der Waals surface area contributed by atoms with E-state index in [2.05, 4.69) is 15.2 Å². The van der Waals surface area contributed by atoms with Crippen molar-refractivity contribution in [3.8, 4) is 0 Å². The number of urea groups is 2. The molecule has 10 nitrogen and oxygen atoms in total. The van der Waals surface area contributed by atoms with Crippen LogP contribution < -0.4 is 5.32 Å². The largest absolute Gasteiger partial charge is 0.348 e. The summed E-state index contributed by atoms with van der Waals surface area (Å²) in [6.45, 7) is 2.61. The maximum atomic E-state index is 14.1. The highest BCUT2D eigenvalue weighted by molar-refractivity contribution is 6.04. The predicted molar refractivity (Wildman–Crippen MR) is 100 cm³/mol.